The van der Waals surface area contributed by atoms with Gasteiger partial charge in [-0.05, 0) is 32.0 Å². The first-order chi connectivity index (χ1) is 8.97. The van der Waals surface area contributed by atoms with Crippen molar-refractivity contribution in [3.8, 4) is 0 Å². The van der Waals surface area contributed by atoms with Gasteiger partial charge in [-0.1, -0.05) is 17.7 Å². The fourth-order valence-corrected chi connectivity index (χ4v) is 2.57. The number of hydrogen-bond acceptors (Lipinski definition) is 3. The minimum atomic E-state index is -1.08. The van der Waals surface area contributed by atoms with Crippen LogP contribution in [0.4, 0.5) is 5.69 Å². The third-order valence-electron chi connectivity index (χ3n) is 2.60. The van der Waals surface area contributed by atoms with E-state index in [1.54, 1.807) is 19.1 Å². The van der Waals surface area contributed by atoms with Crippen LogP contribution in [0, 0.1) is 13.8 Å². The van der Waals surface area contributed by atoms with Gasteiger partial charge in [0.2, 0.25) is 0 Å². The summed E-state index contributed by atoms with van der Waals surface area (Å²) in [5.41, 5.74) is 1.79. The van der Waals surface area contributed by atoms with Gasteiger partial charge in [0.05, 0.1) is 5.56 Å². The van der Waals surface area contributed by atoms with Gasteiger partial charge in [-0.25, -0.2) is 4.79 Å². The number of carboxylic acid groups (broad SMARTS) is 1. The lowest BCUT2D eigenvalue weighted by Gasteiger charge is -2.04. The Morgan fingerprint density at radius 2 is 1.79 bits per heavy atom. The number of carbonyl (C=O) groups excluding carboxylic acids is 1. The van der Waals surface area contributed by atoms with Gasteiger partial charge < -0.3 is 10.4 Å². The summed E-state index contributed by atoms with van der Waals surface area (Å²) in [7, 11) is 0. The van der Waals surface area contributed by atoms with E-state index in [1.165, 1.54) is 17.4 Å². The monoisotopic (exact) mass is 275 g/mol. The van der Waals surface area contributed by atoms with Crippen LogP contribution < -0.4 is 5.32 Å². The van der Waals surface area contributed by atoms with E-state index >= 15 is 0 Å². The van der Waals surface area contributed by atoms with Gasteiger partial charge in [-0.3, -0.25) is 4.79 Å². The number of thiophene rings is 1. The van der Waals surface area contributed by atoms with Gasteiger partial charge >= 0.3 is 5.97 Å². The molecule has 2 aromatic rings. The number of nitrogens with one attached hydrogen (secondary N) is 1. The lowest BCUT2D eigenvalue weighted by atomic mass is 10.2. The normalized spacial score (nSPS) is 10.2. The summed E-state index contributed by atoms with van der Waals surface area (Å²) in [5.74, 6) is -1.47. The van der Waals surface area contributed by atoms with E-state index in [-0.39, 0.29) is 16.3 Å². The minimum absolute atomic E-state index is 0.0483. The largest absolute Gasteiger partial charge is 0.478 e. The van der Waals surface area contributed by atoms with Crippen molar-refractivity contribution in [3.63, 3.8) is 0 Å². The zero-order valence-electron chi connectivity index (χ0n) is 10.6. The van der Waals surface area contributed by atoms with Crippen LogP contribution in [0.25, 0.3) is 0 Å². The highest BCUT2D eigenvalue weighted by molar-refractivity contribution is 7.14. The number of carboxylic acids is 1. The van der Waals surface area contributed by atoms with Crippen LogP contribution in [0.15, 0.2) is 30.3 Å². The zero-order valence-corrected chi connectivity index (χ0v) is 11.4. The van der Waals surface area contributed by atoms with Gasteiger partial charge in [0.1, 0.15) is 4.88 Å². The second-order valence-electron chi connectivity index (χ2n) is 4.23. The Hall–Kier alpha value is -2.14. The van der Waals surface area contributed by atoms with Crippen molar-refractivity contribution in [3.05, 3.63) is 51.2 Å². The number of amides is 1. The molecule has 4 nitrogen and oxygen atoms in total. The summed E-state index contributed by atoms with van der Waals surface area (Å²) in [6.07, 6.45) is 0. The minimum Gasteiger partial charge on any atom is -0.478 e. The molecule has 2 N–H and O–H groups in total. The van der Waals surface area contributed by atoms with Crippen LogP contribution in [0.3, 0.4) is 0 Å². The highest BCUT2D eigenvalue weighted by atomic mass is 32.1. The summed E-state index contributed by atoms with van der Waals surface area (Å²) in [6, 6.07) is 8.85. The van der Waals surface area contributed by atoms with Crippen LogP contribution >= 0.6 is 11.3 Å². The van der Waals surface area contributed by atoms with Crippen LogP contribution in [-0.2, 0) is 0 Å². The standard InChI is InChI=1S/C14H13NO3S/c1-8-3-5-10(6-4-8)15-13(16)12-11(14(17)18)7-9(2)19-12/h3-7H,1-2H3,(H,15,16)(H,17,18). The Kier molecular flexibility index (Phi) is 3.66. The molecule has 1 amide bonds. The molecule has 0 aliphatic rings. The van der Waals surface area contributed by atoms with E-state index in [2.05, 4.69) is 5.32 Å². The van der Waals surface area contributed by atoms with Crippen molar-refractivity contribution >= 4 is 28.9 Å². The van der Waals surface area contributed by atoms with Gasteiger partial charge in [0, 0.05) is 10.6 Å². The Bertz CT molecular complexity index is 629. The van der Waals surface area contributed by atoms with E-state index in [0.29, 0.717) is 5.69 Å². The smallest absolute Gasteiger partial charge is 0.337 e. The average Bonchev–Trinajstić information content (AvgIpc) is 2.74. The number of aryl methyl sites for hydroxylation is 2. The van der Waals surface area contributed by atoms with E-state index in [1.807, 2.05) is 19.1 Å². The van der Waals surface area contributed by atoms with Gasteiger partial charge in [0.25, 0.3) is 5.91 Å². The van der Waals surface area contributed by atoms with Crippen molar-refractivity contribution in [2.75, 3.05) is 5.32 Å². The van der Waals surface area contributed by atoms with E-state index in [4.69, 9.17) is 5.11 Å². The number of aromatic carboxylic acids is 1. The summed E-state index contributed by atoms with van der Waals surface area (Å²) in [5, 5.41) is 11.8. The number of anilines is 1. The molecule has 1 heterocycles. The zero-order chi connectivity index (χ0) is 14.0. The lowest BCUT2D eigenvalue weighted by Crippen LogP contribution is -2.13. The molecule has 0 aliphatic carbocycles. The van der Waals surface area contributed by atoms with Crippen molar-refractivity contribution < 1.29 is 14.7 Å². The summed E-state index contributed by atoms with van der Waals surface area (Å²) < 4.78 is 0. The SMILES string of the molecule is Cc1ccc(NC(=O)c2sc(C)cc2C(=O)O)cc1. The molecule has 0 radical (unpaired) electrons. The average molecular weight is 275 g/mol. The molecular formula is C14H13NO3S. The van der Waals surface area contributed by atoms with Crippen molar-refractivity contribution in [2.24, 2.45) is 0 Å². The number of rotatable bonds is 3. The van der Waals surface area contributed by atoms with Gasteiger partial charge in [-0.2, -0.15) is 0 Å². The first-order valence-electron chi connectivity index (χ1n) is 5.69. The third kappa shape index (κ3) is 3.00. The fourth-order valence-electron chi connectivity index (χ4n) is 1.67. The molecule has 0 bridgehead atoms. The summed E-state index contributed by atoms with van der Waals surface area (Å²) in [4.78, 5) is 24.2. The molecule has 0 saturated heterocycles. The molecule has 0 spiro atoms. The van der Waals surface area contributed by atoms with Crippen LogP contribution in [0.2, 0.25) is 0 Å². The van der Waals surface area contributed by atoms with Crippen molar-refractivity contribution in [2.45, 2.75) is 13.8 Å². The van der Waals surface area contributed by atoms with E-state index in [0.717, 1.165) is 10.4 Å². The molecule has 5 heteroatoms. The molecule has 19 heavy (non-hydrogen) atoms. The number of benzene rings is 1. The molecule has 98 valence electrons. The second kappa shape index (κ2) is 5.24. The maximum Gasteiger partial charge on any atom is 0.337 e. The van der Waals surface area contributed by atoms with Crippen molar-refractivity contribution in [1.29, 1.82) is 0 Å². The predicted octanol–water partition coefficient (Wildman–Crippen LogP) is 3.32. The lowest BCUT2D eigenvalue weighted by molar-refractivity contribution is 0.0693. The summed E-state index contributed by atoms with van der Waals surface area (Å²) >= 11 is 1.18. The van der Waals surface area contributed by atoms with E-state index in [9.17, 15) is 9.59 Å². The molecule has 0 fully saturated rings. The van der Waals surface area contributed by atoms with Crippen LogP contribution in [-0.4, -0.2) is 17.0 Å². The molecule has 0 unspecified atom stereocenters. The first-order valence-corrected chi connectivity index (χ1v) is 6.51. The molecule has 0 saturated carbocycles. The molecule has 1 aromatic heterocycles. The summed E-state index contributed by atoms with van der Waals surface area (Å²) in [6.45, 7) is 3.73. The third-order valence-corrected chi connectivity index (χ3v) is 3.65. The predicted molar refractivity (Wildman–Crippen MR) is 75.1 cm³/mol. The highest BCUT2D eigenvalue weighted by Gasteiger charge is 2.19. The Morgan fingerprint density at radius 3 is 2.37 bits per heavy atom. The quantitative estimate of drug-likeness (QED) is 0.903. The second-order valence-corrected chi connectivity index (χ2v) is 5.48. The van der Waals surface area contributed by atoms with Crippen LogP contribution in [0.1, 0.15) is 30.5 Å². The molecular weight excluding hydrogens is 262 g/mol. The van der Waals surface area contributed by atoms with Crippen molar-refractivity contribution in [1.82, 2.24) is 0 Å². The number of hydrogen-bond donors (Lipinski definition) is 2. The Morgan fingerprint density at radius 1 is 1.16 bits per heavy atom. The Labute approximate surface area is 114 Å². The van der Waals surface area contributed by atoms with Gasteiger partial charge in [0.15, 0.2) is 0 Å². The fraction of sp³-hybridized carbons (Fsp3) is 0.143. The Balaban J connectivity index is 2.25. The topological polar surface area (TPSA) is 66.4 Å². The maximum absolute atomic E-state index is 12.1. The number of carbonyl (C=O) groups is 2. The molecule has 2 rings (SSSR count). The first kappa shape index (κ1) is 13.3. The molecule has 0 aliphatic heterocycles. The highest BCUT2D eigenvalue weighted by Crippen LogP contribution is 2.23. The van der Waals surface area contributed by atoms with Crippen LogP contribution in [0.5, 0.6) is 0 Å². The maximum atomic E-state index is 12.1. The van der Waals surface area contributed by atoms with Gasteiger partial charge in [-0.15, -0.1) is 11.3 Å². The molecule has 0 atom stereocenters. The van der Waals surface area contributed by atoms with E-state index < -0.39 is 5.97 Å². The molecule has 1 aromatic carbocycles.